The van der Waals surface area contributed by atoms with E-state index in [4.69, 9.17) is 9.97 Å². The van der Waals surface area contributed by atoms with Gasteiger partial charge in [0.1, 0.15) is 0 Å². The van der Waals surface area contributed by atoms with Gasteiger partial charge >= 0.3 is 0 Å². The van der Waals surface area contributed by atoms with Crippen molar-refractivity contribution in [2.75, 3.05) is 0 Å². The Bertz CT molecular complexity index is 1620. The molecule has 0 bridgehead atoms. The lowest BCUT2D eigenvalue weighted by atomic mass is 9.77. The highest BCUT2D eigenvalue weighted by Crippen LogP contribution is 2.34. The molecule has 6 aromatic rings. The Labute approximate surface area is 229 Å². The first-order valence-corrected chi connectivity index (χ1v) is 13.2. The van der Waals surface area contributed by atoms with Gasteiger partial charge in [0.05, 0.1) is 17.1 Å². The summed E-state index contributed by atoms with van der Waals surface area (Å²) in [6.07, 6.45) is 1.83. The van der Waals surface area contributed by atoms with E-state index >= 15 is 0 Å². The zero-order valence-electron chi connectivity index (χ0n) is 22.1. The smallest absolute Gasteiger partial charge is 0.160 e. The van der Waals surface area contributed by atoms with E-state index < -0.39 is 0 Å². The maximum absolute atomic E-state index is 4.97. The molecule has 0 aliphatic rings. The molecule has 3 nitrogen and oxygen atoms in total. The summed E-state index contributed by atoms with van der Waals surface area (Å²) in [6.45, 7) is 4.53. The molecule has 3 heteroatoms. The summed E-state index contributed by atoms with van der Waals surface area (Å²) in [6, 6.07) is 46.0. The van der Waals surface area contributed by atoms with Gasteiger partial charge in [-0.2, -0.15) is 0 Å². The molecule has 0 atom stereocenters. The Morgan fingerprint density at radius 2 is 0.897 bits per heavy atom. The van der Waals surface area contributed by atoms with Crippen molar-refractivity contribution in [3.63, 3.8) is 0 Å². The molecule has 0 unspecified atom stereocenters. The SMILES string of the molecule is CC(C)(c1ccc(-c2ccccn2)cc1)c1ccc(-c2cc(-c3ccccc3)nc(-c3ccccc3)n2)cc1. The molecular weight excluding hydrogens is 474 g/mol. The quantitative estimate of drug-likeness (QED) is 0.228. The summed E-state index contributed by atoms with van der Waals surface area (Å²) < 4.78 is 0. The number of benzene rings is 4. The van der Waals surface area contributed by atoms with Crippen molar-refractivity contribution >= 4 is 0 Å². The average Bonchev–Trinajstić information content (AvgIpc) is 3.02. The Balaban J connectivity index is 1.34. The second-order valence-electron chi connectivity index (χ2n) is 10.2. The number of pyridine rings is 1. The van der Waals surface area contributed by atoms with Crippen molar-refractivity contribution < 1.29 is 0 Å². The molecular formula is C36H29N3. The third-order valence-corrected chi connectivity index (χ3v) is 7.30. The zero-order chi connectivity index (χ0) is 26.7. The molecule has 4 aromatic carbocycles. The summed E-state index contributed by atoms with van der Waals surface area (Å²) in [5.74, 6) is 0.726. The number of hydrogen-bond acceptors (Lipinski definition) is 3. The van der Waals surface area contributed by atoms with Crippen LogP contribution >= 0.6 is 0 Å². The topological polar surface area (TPSA) is 38.7 Å². The fourth-order valence-corrected chi connectivity index (χ4v) is 4.88. The second kappa shape index (κ2) is 10.5. The minimum Gasteiger partial charge on any atom is -0.256 e. The van der Waals surface area contributed by atoms with Gasteiger partial charge in [-0.05, 0) is 29.3 Å². The van der Waals surface area contributed by atoms with Gasteiger partial charge in [0.25, 0.3) is 0 Å². The van der Waals surface area contributed by atoms with Crippen LogP contribution in [0.25, 0.3) is 45.2 Å². The van der Waals surface area contributed by atoms with Gasteiger partial charge in [0.15, 0.2) is 5.82 Å². The lowest BCUT2D eigenvalue weighted by molar-refractivity contribution is 0.641. The van der Waals surface area contributed by atoms with E-state index in [0.717, 1.165) is 45.2 Å². The van der Waals surface area contributed by atoms with E-state index in [9.17, 15) is 0 Å². The van der Waals surface area contributed by atoms with Crippen LogP contribution in [0.15, 0.2) is 140 Å². The first-order chi connectivity index (χ1) is 19.1. The summed E-state index contributed by atoms with van der Waals surface area (Å²) in [7, 11) is 0. The highest BCUT2D eigenvalue weighted by atomic mass is 14.9. The van der Waals surface area contributed by atoms with Crippen LogP contribution in [-0.2, 0) is 5.41 Å². The third kappa shape index (κ3) is 5.12. The molecule has 0 saturated carbocycles. The highest BCUT2D eigenvalue weighted by Gasteiger charge is 2.23. The van der Waals surface area contributed by atoms with Gasteiger partial charge in [-0.25, -0.2) is 9.97 Å². The van der Waals surface area contributed by atoms with E-state index in [1.807, 2.05) is 60.8 Å². The second-order valence-corrected chi connectivity index (χ2v) is 10.2. The van der Waals surface area contributed by atoms with Crippen molar-refractivity contribution in [2.24, 2.45) is 0 Å². The molecule has 0 N–H and O–H groups in total. The van der Waals surface area contributed by atoms with Crippen molar-refractivity contribution in [1.82, 2.24) is 15.0 Å². The van der Waals surface area contributed by atoms with Gasteiger partial charge in [0, 0.05) is 33.9 Å². The number of nitrogens with zero attached hydrogens (tertiary/aromatic N) is 3. The minimum atomic E-state index is -0.156. The normalized spacial score (nSPS) is 11.3. The number of aromatic nitrogens is 3. The summed E-state index contributed by atoms with van der Waals surface area (Å²) in [5, 5.41) is 0. The lowest BCUT2D eigenvalue weighted by Crippen LogP contribution is -2.18. The molecule has 0 fully saturated rings. The van der Waals surface area contributed by atoms with Gasteiger partial charge in [-0.1, -0.05) is 129 Å². The van der Waals surface area contributed by atoms with E-state index in [2.05, 4.69) is 97.7 Å². The maximum Gasteiger partial charge on any atom is 0.160 e. The van der Waals surface area contributed by atoms with Gasteiger partial charge in [-0.3, -0.25) is 4.98 Å². The van der Waals surface area contributed by atoms with Crippen LogP contribution in [0.5, 0.6) is 0 Å². The van der Waals surface area contributed by atoms with E-state index in [0.29, 0.717) is 0 Å². The maximum atomic E-state index is 4.97. The van der Waals surface area contributed by atoms with Crippen molar-refractivity contribution in [3.05, 3.63) is 151 Å². The van der Waals surface area contributed by atoms with Crippen LogP contribution in [0.2, 0.25) is 0 Å². The van der Waals surface area contributed by atoms with E-state index in [1.54, 1.807) is 0 Å². The lowest BCUT2D eigenvalue weighted by Gasteiger charge is -2.26. The first kappa shape index (κ1) is 24.4. The highest BCUT2D eigenvalue weighted by molar-refractivity contribution is 5.72. The zero-order valence-corrected chi connectivity index (χ0v) is 22.1. The Morgan fingerprint density at radius 3 is 1.41 bits per heavy atom. The largest absolute Gasteiger partial charge is 0.256 e. The molecule has 188 valence electrons. The predicted octanol–water partition coefficient (Wildman–Crippen LogP) is 8.87. The Hall–Kier alpha value is -4.89. The number of hydrogen-bond donors (Lipinski definition) is 0. The molecule has 0 spiro atoms. The van der Waals surface area contributed by atoms with Gasteiger partial charge in [0.2, 0.25) is 0 Å². The van der Waals surface area contributed by atoms with E-state index in [1.165, 1.54) is 11.1 Å². The molecule has 0 amide bonds. The monoisotopic (exact) mass is 503 g/mol. The molecule has 39 heavy (non-hydrogen) atoms. The van der Waals surface area contributed by atoms with Crippen LogP contribution in [0.1, 0.15) is 25.0 Å². The fraction of sp³-hybridized carbons (Fsp3) is 0.0833. The van der Waals surface area contributed by atoms with Gasteiger partial charge in [-0.15, -0.1) is 0 Å². The summed E-state index contributed by atoms with van der Waals surface area (Å²) in [5.41, 5.74) is 9.43. The van der Waals surface area contributed by atoms with Crippen LogP contribution in [0, 0.1) is 0 Å². The number of rotatable bonds is 6. The minimum absolute atomic E-state index is 0.156. The molecule has 6 rings (SSSR count). The van der Waals surface area contributed by atoms with Crippen LogP contribution < -0.4 is 0 Å². The average molecular weight is 504 g/mol. The molecule has 0 radical (unpaired) electrons. The molecule has 2 aromatic heterocycles. The van der Waals surface area contributed by atoms with Crippen molar-refractivity contribution in [1.29, 1.82) is 0 Å². The fourth-order valence-electron chi connectivity index (χ4n) is 4.88. The Kier molecular flexibility index (Phi) is 6.56. The van der Waals surface area contributed by atoms with Crippen molar-refractivity contribution in [3.8, 4) is 45.2 Å². The first-order valence-electron chi connectivity index (χ1n) is 13.2. The molecule has 0 saturated heterocycles. The standard InChI is InChI=1S/C36H29N3/c1-36(2,30-20-16-27(17-21-30)32-15-9-10-24-37-32)31-22-18-28(19-23-31)34-25-33(26-11-5-3-6-12-26)38-35(39-34)29-13-7-4-8-14-29/h3-25H,1-2H3. The van der Waals surface area contributed by atoms with Crippen LogP contribution in [-0.4, -0.2) is 15.0 Å². The Morgan fingerprint density at radius 1 is 0.436 bits per heavy atom. The van der Waals surface area contributed by atoms with Crippen LogP contribution in [0.3, 0.4) is 0 Å². The van der Waals surface area contributed by atoms with Crippen molar-refractivity contribution in [2.45, 2.75) is 19.3 Å². The molecule has 2 heterocycles. The predicted molar refractivity (Wildman–Crippen MR) is 160 cm³/mol. The molecule has 0 aliphatic heterocycles. The third-order valence-electron chi connectivity index (χ3n) is 7.30. The van der Waals surface area contributed by atoms with Gasteiger partial charge < -0.3 is 0 Å². The van der Waals surface area contributed by atoms with Crippen LogP contribution in [0.4, 0.5) is 0 Å². The summed E-state index contributed by atoms with van der Waals surface area (Å²) in [4.78, 5) is 14.4. The summed E-state index contributed by atoms with van der Waals surface area (Å²) >= 11 is 0. The molecule has 0 aliphatic carbocycles. The van der Waals surface area contributed by atoms with E-state index in [-0.39, 0.29) is 5.41 Å².